The molecule has 0 radical (unpaired) electrons. The van der Waals surface area contributed by atoms with Crippen LogP contribution < -0.4 is 9.64 Å². The summed E-state index contributed by atoms with van der Waals surface area (Å²) in [6.45, 7) is 3.90. The summed E-state index contributed by atoms with van der Waals surface area (Å²) in [7, 11) is 1.61. The van der Waals surface area contributed by atoms with Gasteiger partial charge in [0, 0.05) is 50.6 Å². The first-order valence-electron chi connectivity index (χ1n) is 9.27. The Labute approximate surface area is 163 Å². The predicted octanol–water partition coefficient (Wildman–Crippen LogP) is 3.01. The number of hydrogen-bond acceptors (Lipinski definition) is 6. The number of nitrogens with zero attached hydrogens (tertiary/aromatic N) is 5. The molecule has 4 rings (SSSR count). The number of rotatable bonds is 5. The zero-order valence-electron chi connectivity index (χ0n) is 15.8. The molecule has 7 heteroatoms. The molecule has 2 aromatic heterocycles. The number of halogens is 1. The van der Waals surface area contributed by atoms with Crippen LogP contribution in [0.5, 0.6) is 5.88 Å². The Morgan fingerprint density at radius 2 is 1.75 bits per heavy atom. The molecule has 1 saturated heterocycles. The van der Waals surface area contributed by atoms with E-state index in [2.05, 4.69) is 19.9 Å². The molecule has 3 aromatic rings. The molecule has 6 nitrogen and oxygen atoms in total. The Bertz CT molecular complexity index is 912. The molecule has 1 fully saturated rings. The summed E-state index contributed by atoms with van der Waals surface area (Å²) in [5.74, 6) is 0.628. The van der Waals surface area contributed by atoms with Gasteiger partial charge in [-0.25, -0.2) is 19.3 Å². The third-order valence-electron chi connectivity index (χ3n) is 4.90. The van der Waals surface area contributed by atoms with E-state index in [4.69, 9.17) is 4.74 Å². The molecule has 1 aliphatic heterocycles. The van der Waals surface area contributed by atoms with E-state index in [1.807, 2.05) is 53.6 Å². The number of hydrogen-bond donors (Lipinski definition) is 0. The highest BCUT2D eigenvalue weighted by Crippen LogP contribution is 2.26. The maximum atomic E-state index is 15.1. The minimum absolute atomic E-state index is 0.345. The predicted molar refractivity (Wildman–Crippen MR) is 106 cm³/mol. The van der Waals surface area contributed by atoms with Gasteiger partial charge in [0.05, 0.1) is 7.11 Å². The van der Waals surface area contributed by atoms with Crippen LogP contribution in [0, 0.1) is 5.82 Å². The van der Waals surface area contributed by atoms with Gasteiger partial charge in [-0.3, -0.25) is 4.90 Å². The van der Waals surface area contributed by atoms with Crippen LogP contribution in [0.2, 0.25) is 0 Å². The molecule has 0 atom stereocenters. The SMILES string of the molecule is COc1ccc(CN2CCN(c3ncnc(-c4ccccc4)c3F)CC2)cn1. The highest BCUT2D eigenvalue weighted by atomic mass is 19.1. The molecule has 0 amide bonds. The van der Waals surface area contributed by atoms with Gasteiger partial charge >= 0.3 is 0 Å². The minimum Gasteiger partial charge on any atom is -0.481 e. The van der Waals surface area contributed by atoms with E-state index in [9.17, 15) is 0 Å². The first-order valence-corrected chi connectivity index (χ1v) is 9.27. The van der Waals surface area contributed by atoms with Crippen LogP contribution in [0.25, 0.3) is 11.3 Å². The molecule has 3 heterocycles. The summed E-state index contributed by atoms with van der Waals surface area (Å²) in [6, 6.07) is 13.3. The summed E-state index contributed by atoms with van der Waals surface area (Å²) in [6.07, 6.45) is 3.28. The second-order valence-electron chi connectivity index (χ2n) is 6.70. The maximum Gasteiger partial charge on any atom is 0.212 e. The molecule has 0 saturated carbocycles. The molecule has 1 aromatic carbocycles. The number of ether oxygens (including phenoxy) is 1. The lowest BCUT2D eigenvalue weighted by Gasteiger charge is -2.35. The number of benzene rings is 1. The van der Waals surface area contributed by atoms with E-state index in [0.29, 0.717) is 30.5 Å². The standard InChI is InChI=1S/C21H22FN5O/c1-28-18-8-7-16(13-23-18)14-26-9-11-27(12-10-26)21-19(22)20(24-15-25-21)17-5-3-2-4-6-17/h2-8,13,15H,9-12,14H2,1H3. The largest absolute Gasteiger partial charge is 0.481 e. The first-order chi connectivity index (χ1) is 13.7. The fourth-order valence-electron chi connectivity index (χ4n) is 3.38. The van der Waals surface area contributed by atoms with E-state index in [1.54, 1.807) is 7.11 Å². The molecule has 0 N–H and O–H groups in total. The van der Waals surface area contributed by atoms with Crippen LogP contribution in [0.1, 0.15) is 5.56 Å². The van der Waals surface area contributed by atoms with Crippen LogP contribution >= 0.6 is 0 Å². The number of piperazine rings is 1. The van der Waals surface area contributed by atoms with Crippen molar-refractivity contribution in [3.05, 3.63) is 66.4 Å². The summed E-state index contributed by atoms with van der Waals surface area (Å²) in [5, 5.41) is 0. The Morgan fingerprint density at radius 1 is 0.964 bits per heavy atom. The lowest BCUT2D eigenvalue weighted by atomic mass is 10.1. The van der Waals surface area contributed by atoms with Crippen molar-refractivity contribution in [1.82, 2.24) is 19.9 Å². The van der Waals surface area contributed by atoms with Gasteiger partial charge in [-0.2, -0.15) is 0 Å². The van der Waals surface area contributed by atoms with Gasteiger partial charge in [0.15, 0.2) is 11.6 Å². The van der Waals surface area contributed by atoms with E-state index in [-0.39, 0.29) is 5.82 Å². The van der Waals surface area contributed by atoms with E-state index >= 15 is 4.39 Å². The molecule has 0 bridgehead atoms. The Balaban J connectivity index is 1.42. The third kappa shape index (κ3) is 3.94. The van der Waals surface area contributed by atoms with Crippen LogP contribution in [-0.2, 0) is 6.54 Å². The van der Waals surface area contributed by atoms with Gasteiger partial charge in [0.1, 0.15) is 12.0 Å². The Kier molecular flexibility index (Phi) is 5.43. The van der Waals surface area contributed by atoms with Crippen molar-refractivity contribution in [2.75, 3.05) is 38.2 Å². The molecule has 28 heavy (non-hydrogen) atoms. The second-order valence-corrected chi connectivity index (χ2v) is 6.70. The number of anilines is 1. The van der Waals surface area contributed by atoms with Gasteiger partial charge in [0.2, 0.25) is 5.88 Å². The van der Waals surface area contributed by atoms with Gasteiger partial charge in [-0.15, -0.1) is 0 Å². The van der Waals surface area contributed by atoms with Crippen molar-refractivity contribution < 1.29 is 9.13 Å². The fraction of sp³-hybridized carbons (Fsp3) is 0.286. The molecule has 144 valence electrons. The molecule has 0 spiro atoms. The van der Waals surface area contributed by atoms with Crippen molar-refractivity contribution >= 4 is 5.82 Å². The number of aromatic nitrogens is 3. The molecule has 1 aliphatic rings. The first kappa shape index (κ1) is 18.3. The van der Waals surface area contributed by atoms with Crippen LogP contribution in [0.15, 0.2) is 55.0 Å². The summed E-state index contributed by atoms with van der Waals surface area (Å²) in [5.41, 5.74) is 2.24. The molecule has 0 unspecified atom stereocenters. The van der Waals surface area contributed by atoms with Crippen LogP contribution in [0.4, 0.5) is 10.2 Å². The average molecular weight is 379 g/mol. The van der Waals surface area contributed by atoms with E-state index in [1.165, 1.54) is 6.33 Å². The lowest BCUT2D eigenvalue weighted by Crippen LogP contribution is -2.46. The highest BCUT2D eigenvalue weighted by Gasteiger charge is 2.23. The van der Waals surface area contributed by atoms with Crippen molar-refractivity contribution in [2.24, 2.45) is 0 Å². The third-order valence-corrected chi connectivity index (χ3v) is 4.90. The fourth-order valence-corrected chi connectivity index (χ4v) is 3.38. The monoisotopic (exact) mass is 379 g/mol. The summed E-state index contributed by atoms with van der Waals surface area (Å²) in [4.78, 5) is 16.9. The molecular weight excluding hydrogens is 357 g/mol. The van der Waals surface area contributed by atoms with Gasteiger partial charge < -0.3 is 9.64 Å². The van der Waals surface area contributed by atoms with Crippen molar-refractivity contribution in [3.63, 3.8) is 0 Å². The quantitative estimate of drug-likeness (QED) is 0.679. The van der Waals surface area contributed by atoms with Gasteiger partial charge in [-0.1, -0.05) is 36.4 Å². The second kappa shape index (κ2) is 8.31. The van der Waals surface area contributed by atoms with E-state index < -0.39 is 0 Å². The Morgan fingerprint density at radius 3 is 2.43 bits per heavy atom. The number of methoxy groups -OCH3 is 1. The zero-order valence-corrected chi connectivity index (χ0v) is 15.8. The normalized spacial score (nSPS) is 14.9. The van der Waals surface area contributed by atoms with Gasteiger partial charge in [0.25, 0.3) is 0 Å². The summed E-state index contributed by atoms with van der Waals surface area (Å²) < 4.78 is 20.2. The number of pyridine rings is 1. The topological polar surface area (TPSA) is 54.4 Å². The zero-order chi connectivity index (χ0) is 19.3. The van der Waals surface area contributed by atoms with E-state index in [0.717, 1.165) is 30.8 Å². The highest BCUT2D eigenvalue weighted by molar-refractivity contribution is 5.63. The molecular formula is C21H22FN5O. The summed E-state index contributed by atoms with van der Waals surface area (Å²) >= 11 is 0. The smallest absolute Gasteiger partial charge is 0.212 e. The maximum absolute atomic E-state index is 15.1. The van der Waals surface area contributed by atoms with Crippen molar-refractivity contribution in [3.8, 4) is 17.1 Å². The van der Waals surface area contributed by atoms with Gasteiger partial charge in [-0.05, 0) is 5.56 Å². The van der Waals surface area contributed by atoms with Crippen LogP contribution in [0.3, 0.4) is 0 Å². The van der Waals surface area contributed by atoms with Crippen molar-refractivity contribution in [1.29, 1.82) is 0 Å². The lowest BCUT2D eigenvalue weighted by molar-refractivity contribution is 0.248. The average Bonchev–Trinajstić information content (AvgIpc) is 2.76. The molecule has 0 aliphatic carbocycles. The Hall–Kier alpha value is -3.06. The minimum atomic E-state index is -0.360. The van der Waals surface area contributed by atoms with Crippen LogP contribution in [-0.4, -0.2) is 53.1 Å². The van der Waals surface area contributed by atoms with Crippen molar-refractivity contribution in [2.45, 2.75) is 6.54 Å².